The fourth-order valence-corrected chi connectivity index (χ4v) is 3.38. The molecule has 0 fully saturated rings. The van der Waals surface area contributed by atoms with Gasteiger partial charge in [0.15, 0.2) is 0 Å². The van der Waals surface area contributed by atoms with Crippen LogP contribution in [0, 0.1) is 17.1 Å². The molecule has 0 amide bonds. The van der Waals surface area contributed by atoms with Crippen molar-refractivity contribution < 1.29 is 4.39 Å². The van der Waals surface area contributed by atoms with Crippen molar-refractivity contribution in [2.75, 3.05) is 11.9 Å². The topological polar surface area (TPSA) is 53.6 Å². The second kappa shape index (κ2) is 7.01. The maximum absolute atomic E-state index is 13.2. The molecule has 130 valence electrons. The molecule has 0 bridgehead atoms. The first kappa shape index (κ1) is 16.3. The van der Waals surface area contributed by atoms with Gasteiger partial charge in [0.25, 0.3) is 0 Å². The zero-order valence-electron chi connectivity index (χ0n) is 14.4. The zero-order valence-corrected chi connectivity index (χ0v) is 14.4. The molecule has 1 aliphatic rings. The van der Waals surface area contributed by atoms with Crippen molar-refractivity contribution >= 4 is 5.82 Å². The Bertz CT molecular complexity index is 949. The molecule has 4 rings (SSSR count). The summed E-state index contributed by atoms with van der Waals surface area (Å²) >= 11 is 0. The van der Waals surface area contributed by atoms with Crippen LogP contribution in [0.1, 0.15) is 35.2 Å². The molecule has 0 aliphatic carbocycles. The second-order valence-corrected chi connectivity index (χ2v) is 6.53. The number of halogens is 1. The van der Waals surface area contributed by atoms with Crippen LogP contribution in [0.3, 0.4) is 0 Å². The lowest BCUT2D eigenvalue weighted by atomic mass is 10.0. The van der Waals surface area contributed by atoms with E-state index in [-0.39, 0.29) is 5.82 Å². The van der Waals surface area contributed by atoms with E-state index in [1.807, 2.05) is 28.9 Å². The zero-order chi connectivity index (χ0) is 17.9. The number of rotatable bonds is 3. The molecule has 1 aromatic heterocycles. The molecule has 26 heavy (non-hydrogen) atoms. The Morgan fingerprint density at radius 2 is 1.85 bits per heavy atom. The van der Waals surface area contributed by atoms with Crippen molar-refractivity contribution in [3.05, 3.63) is 76.7 Å². The van der Waals surface area contributed by atoms with Gasteiger partial charge in [-0.25, -0.2) is 9.07 Å². The van der Waals surface area contributed by atoms with Crippen molar-refractivity contribution in [2.24, 2.45) is 0 Å². The number of hydrogen-bond donors (Lipinski definition) is 1. The first-order chi connectivity index (χ1) is 12.7. The highest BCUT2D eigenvalue weighted by atomic mass is 19.1. The van der Waals surface area contributed by atoms with Crippen LogP contribution in [0.5, 0.6) is 0 Å². The molecule has 2 aromatic carbocycles. The Morgan fingerprint density at radius 1 is 1.08 bits per heavy atom. The maximum atomic E-state index is 13.2. The molecule has 5 heteroatoms. The van der Waals surface area contributed by atoms with Gasteiger partial charge in [-0.3, -0.25) is 0 Å². The van der Waals surface area contributed by atoms with Gasteiger partial charge in [0.05, 0.1) is 23.0 Å². The Balaban J connectivity index is 1.75. The largest absolute Gasteiger partial charge is 0.370 e. The number of nitrogens with zero attached hydrogens (tertiary/aromatic N) is 3. The molecule has 2 heterocycles. The molecule has 0 radical (unpaired) electrons. The number of nitriles is 1. The molecule has 3 aromatic rings. The van der Waals surface area contributed by atoms with Gasteiger partial charge in [0.1, 0.15) is 11.6 Å². The summed E-state index contributed by atoms with van der Waals surface area (Å²) in [4.78, 5) is 0. The van der Waals surface area contributed by atoms with E-state index in [4.69, 9.17) is 10.4 Å². The molecular weight excluding hydrogens is 327 g/mol. The van der Waals surface area contributed by atoms with E-state index in [0.717, 1.165) is 48.6 Å². The highest BCUT2D eigenvalue weighted by molar-refractivity contribution is 5.55. The molecule has 0 saturated heterocycles. The van der Waals surface area contributed by atoms with Crippen LogP contribution in [0.25, 0.3) is 5.69 Å². The van der Waals surface area contributed by atoms with Gasteiger partial charge >= 0.3 is 0 Å². The lowest BCUT2D eigenvalue weighted by Gasteiger charge is -2.09. The molecule has 0 atom stereocenters. The fourth-order valence-electron chi connectivity index (χ4n) is 3.38. The predicted molar refractivity (Wildman–Crippen MR) is 98.9 cm³/mol. The average molecular weight is 346 g/mol. The predicted octanol–water partition coefficient (Wildman–Crippen LogP) is 4.22. The second-order valence-electron chi connectivity index (χ2n) is 6.53. The third-order valence-corrected chi connectivity index (χ3v) is 4.74. The van der Waals surface area contributed by atoms with Crippen LogP contribution in [-0.2, 0) is 12.8 Å². The molecule has 1 aliphatic heterocycles. The van der Waals surface area contributed by atoms with Gasteiger partial charge in [-0.2, -0.15) is 10.4 Å². The molecule has 4 nitrogen and oxygen atoms in total. The van der Waals surface area contributed by atoms with Gasteiger partial charge in [0, 0.05) is 18.5 Å². The van der Waals surface area contributed by atoms with Crippen LogP contribution in [0.4, 0.5) is 10.2 Å². The number of anilines is 1. The molecular formula is C21H19FN4. The van der Waals surface area contributed by atoms with Gasteiger partial charge in [-0.1, -0.05) is 12.1 Å². The van der Waals surface area contributed by atoms with Crippen LogP contribution < -0.4 is 5.32 Å². The van der Waals surface area contributed by atoms with Crippen LogP contribution in [-0.4, -0.2) is 16.3 Å². The number of benzene rings is 2. The minimum absolute atomic E-state index is 0.225. The van der Waals surface area contributed by atoms with Gasteiger partial charge in [-0.15, -0.1) is 0 Å². The fraction of sp³-hybridized carbons (Fsp3) is 0.238. The third kappa shape index (κ3) is 3.18. The number of nitrogens with one attached hydrogen (secondary N) is 1. The lowest BCUT2D eigenvalue weighted by Crippen LogP contribution is -2.07. The van der Waals surface area contributed by atoms with E-state index in [0.29, 0.717) is 12.0 Å². The number of fused-ring (bicyclic) bond motifs is 1. The summed E-state index contributed by atoms with van der Waals surface area (Å²) in [6.07, 6.45) is 3.90. The normalized spacial score (nSPS) is 13.4. The Morgan fingerprint density at radius 3 is 2.58 bits per heavy atom. The summed E-state index contributed by atoms with van der Waals surface area (Å²) in [6, 6.07) is 16.2. The smallest absolute Gasteiger partial charge is 0.133 e. The molecule has 0 unspecified atom stereocenters. The summed E-state index contributed by atoms with van der Waals surface area (Å²) < 4.78 is 15.1. The van der Waals surface area contributed by atoms with E-state index < -0.39 is 0 Å². The highest BCUT2D eigenvalue weighted by Crippen LogP contribution is 2.29. The third-order valence-electron chi connectivity index (χ3n) is 4.74. The minimum atomic E-state index is -0.225. The Kier molecular flexibility index (Phi) is 4.40. The molecule has 0 spiro atoms. The standard InChI is InChI=1S/C21H19FN4/c22-17-8-4-15(5-9-17)13-20-19-3-1-2-12-24-21(19)26(25-20)18-10-6-16(14-23)7-11-18/h4-11,24H,1-3,12-13H2. The van der Waals surface area contributed by atoms with Gasteiger partial charge < -0.3 is 5.32 Å². The summed E-state index contributed by atoms with van der Waals surface area (Å²) in [6.45, 7) is 0.922. The maximum Gasteiger partial charge on any atom is 0.133 e. The van der Waals surface area contributed by atoms with Gasteiger partial charge in [-0.05, 0) is 61.2 Å². The average Bonchev–Trinajstić information content (AvgIpc) is 2.84. The van der Waals surface area contributed by atoms with Crippen LogP contribution in [0.15, 0.2) is 48.5 Å². The van der Waals surface area contributed by atoms with E-state index in [1.165, 1.54) is 17.7 Å². The Hall–Kier alpha value is -3.13. The number of hydrogen-bond acceptors (Lipinski definition) is 3. The summed E-state index contributed by atoms with van der Waals surface area (Å²) in [7, 11) is 0. The van der Waals surface area contributed by atoms with Crippen LogP contribution in [0.2, 0.25) is 0 Å². The first-order valence-electron chi connectivity index (χ1n) is 8.84. The van der Waals surface area contributed by atoms with E-state index in [9.17, 15) is 4.39 Å². The molecule has 0 saturated carbocycles. The van der Waals surface area contributed by atoms with E-state index in [1.54, 1.807) is 12.1 Å². The quantitative estimate of drug-likeness (QED) is 0.772. The lowest BCUT2D eigenvalue weighted by molar-refractivity contribution is 0.627. The number of aromatic nitrogens is 2. The van der Waals surface area contributed by atoms with Crippen molar-refractivity contribution in [2.45, 2.75) is 25.7 Å². The summed E-state index contributed by atoms with van der Waals surface area (Å²) in [5.41, 5.74) is 4.86. The first-order valence-corrected chi connectivity index (χ1v) is 8.84. The SMILES string of the molecule is N#Cc1ccc(-n2nc(Cc3ccc(F)cc3)c3c2NCCCC3)cc1. The summed E-state index contributed by atoms with van der Waals surface area (Å²) in [5, 5.41) is 17.4. The minimum Gasteiger partial charge on any atom is -0.370 e. The summed E-state index contributed by atoms with van der Waals surface area (Å²) in [5.74, 6) is 0.807. The monoisotopic (exact) mass is 346 g/mol. The van der Waals surface area contributed by atoms with Gasteiger partial charge in [0.2, 0.25) is 0 Å². The van der Waals surface area contributed by atoms with Crippen molar-refractivity contribution in [3.63, 3.8) is 0 Å². The van der Waals surface area contributed by atoms with Crippen LogP contribution >= 0.6 is 0 Å². The van der Waals surface area contributed by atoms with Crippen molar-refractivity contribution in [1.82, 2.24) is 9.78 Å². The Labute approximate surface area is 151 Å². The van der Waals surface area contributed by atoms with Crippen molar-refractivity contribution in [1.29, 1.82) is 5.26 Å². The van der Waals surface area contributed by atoms with E-state index in [2.05, 4.69) is 11.4 Å². The van der Waals surface area contributed by atoms with Crippen molar-refractivity contribution in [3.8, 4) is 11.8 Å². The molecule has 1 N–H and O–H groups in total. The highest BCUT2D eigenvalue weighted by Gasteiger charge is 2.20. The van der Waals surface area contributed by atoms with E-state index >= 15 is 0 Å².